The summed E-state index contributed by atoms with van der Waals surface area (Å²) in [6, 6.07) is 0.854. The van der Waals surface area contributed by atoms with E-state index in [1.54, 1.807) is 0 Å². The molecule has 0 bridgehead atoms. The van der Waals surface area contributed by atoms with Crippen LogP contribution in [-0.2, 0) is 0 Å². The molecule has 15 heavy (non-hydrogen) atoms. The lowest BCUT2D eigenvalue weighted by atomic mass is 9.74. The van der Waals surface area contributed by atoms with Gasteiger partial charge in [0, 0.05) is 6.04 Å². The van der Waals surface area contributed by atoms with Crippen molar-refractivity contribution in [2.75, 3.05) is 6.54 Å². The van der Waals surface area contributed by atoms with Crippen molar-refractivity contribution in [1.82, 2.24) is 5.32 Å². The molecule has 0 aromatic rings. The highest BCUT2D eigenvalue weighted by atomic mass is 14.9. The largest absolute Gasteiger partial charge is 0.314 e. The Morgan fingerprint density at radius 3 is 2.33 bits per heavy atom. The quantitative estimate of drug-likeness (QED) is 0.746. The van der Waals surface area contributed by atoms with Crippen molar-refractivity contribution in [2.24, 2.45) is 11.8 Å². The molecule has 2 unspecified atom stereocenters. The number of rotatable bonds is 3. The van der Waals surface area contributed by atoms with E-state index in [1.807, 2.05) is 0 Å². The Kier molecular flexibility index (Phi) is 4.49. The summed E-state index contributed by atoms with van der Waals surface area (Å²) in [6.07, 6.45) is 13.2. The molecular formula is C14H27N. The fourth-order valence-corrected chi connectivity index (χ4v) is 3.75. The van der Waals surface area contributed by atoms with Crippen LogP contribution in [0.2, 0.25) is 0 Å². The van der Waals surface area contributed by atoms with E-state index >= 15 is 0 Å². The summed E-state index contributed by atoms with van der Waals surface area (Å²) in [5.74, 6) is 2.02. The Hall–Kier alpha value is -0.0400. The lowest BCUT2D eigenvalue weighted by Crippen LogP contribution is -2.43. The van der Waals surface area contributed by atoms with E-state index in [0.717, 1.165) is 17.9 Å². The maximum Gasteiger partial charge on any atom is 0.00978 e. The average Bonchev–Trinajstić information content (AvgIpc) is 2.33. The second-order valence-corrected chi connectivity index (χ2v) is 5.53. The van der Waals surface area contributed by atoms with Crippen LogP contribution in [0.15, 0.2) is 0 Å². The molecule has 2 fully saturated rings. The molecule has 1 aliphatic heterocycles. The molecule has 1 heterocycles. The van der Waals surface area contributed by atoms with Crippen LogP contribution in [0.5, 0.6) is 0 Å². The number of piperidine rings is 1. The molecule has 88 valence electrons. The van der Waals surface area contributed by atoms with Gasteiger partial charge in [0.2, 0.25) is 0 Å². The maximum absolute atomic E-state index is 3.77. The van der Waals surface area contributed by atoms with Gasteiger partial charge in [0.25, 0.3) is 0 Å². The van der Waals surface area contributed by atoms with Crippen molar-refractivity contribution in [1.29, 1.82) is 0 Å². The van der Waals surface area contributed by atoms with E-state index in [-0.39, 0.29) is 0 Å². The number of hydrogen-bond acceptors (Lipinski definition) is 1. The predicted octanol–water partition coefficient (Wildman–Crippen LogP) is 3.74. The van der Waals surface area contributed by atoms with Gasteiger partial charge in [-0.25, -0.2) is 0 Å². The highest BCUT2D eigenvalue weighted by molar-refractivity contribution is 4.85. The van der Waals surface area contributed by atoms with Crippen molar-refractivity contribution in [3.63, 3.8) is 0 Å². The Bertz CT molecular complexity index is 148. The Balaban J connectivity index is 1.88. The van der Waals surface area contributed by atoms with Gasteiger partial charge in [-0.15, -0.1) is 0 Å². The molecule has 0 aromatic carbocycles. The van der Waals surface area contributed by atoms with Gasteiger partial charge >= 0.3 is 0 Å². The van der Waals surface area contributed by atoms with E-state index in [9.17, 15) is 0 Å². The molecule has 2 atom stereocenters. The molecule has 1 aliphatic carbocycles. The summed E-state index contributed by atoms with van der Waals surface area (Å²) in [4.78, 5) is 0. The highest BCUT2D eigenvalue weighted by Crippen LogP contribution is 2.35. The van der Waals surface area contributed by atoms with Gasteiger partial charge < -0.3 is 5.32 Å². The van der Waals surface area contributed by atoms with Gasteiger partial charge in [-0.05, 0) is 31.2 Å². The van der Waals surface area contributed by atoms with Gasteiger partial charge in [0.15, 0.2) is 0 Å². The lowest BCUT2D eigenvalue weighted by molar-refractivity contribution is 0.170. The normalized spacial score (nSPS) is 31.4. The summed E-state index contributed by atoms with van der Waals surface area (Å²) in [5.41, 5.74) is 0. The van der Waals surface area contributed by atoms with Gasteiger partial charge in [0.05, 0.1) is 0 Å². The monoisotopic (exact) mass is 209 g/mol. The molecule has 0 aromatic heterocycles. The van der Waals surface area contributed by atoms with Crippen molar-refractivity contribution < 1.29 is 0 Å². The van der Waals surface area contributed by atoms with Crippen LogP contribution in [0.3, 0.4) is 0 Å². The highest BCUT2D eigenvalue weighted by Gasteiger charge is 2.29. The van der Waals surface area contributed by atoms with Crippen molar-refractivity contribution in [2.45, 2.75) is 70.8 Å². The van der Waals surface area contributed by atoms with Gasteiger partial charge in [0.1, 0.15) is 0 Å². The van der Waals surface area contributed by atoms with Gasteiger partial charge in [-0.3, -0.25) is 0 Å². The summed E-state index contributed by atoms with van der Waals surface area (Å²) in [7, 11) is 0. The van der Waals surface area contributed by atoms with Crippen LogP contribution < -0.4 is 5.32 Å². The van der Waals surface area contributed by atoms with Crippen LogP contribution in [0.4, 0.5) is 0 Å². The smallest absolute Gasteiger partial charge is 0.00978 e. The fraction of sp³-hybridized carbons (Fsp3) is 1.00. The van der Waals surface area contributed by atoms with E-state index in [4.69, 9.17) is 0 Å². The third kappa shape index (κ3) is 2.96. The van der Waals surface area contributed by atoms with Crippen LogP contribution in [-0.4, -0.2) is 12.6 Å². The number of nitrogens with one attached hydrogen (secondary N) is 1. The Morgan fingerprint density at radius 2 is 1.73 bits per heavy atom. The minimum Gasteiger partial charge on any atom is -0.314 e. The average molecular weight is 209 g/mol. The summed E-state index contributed by atoms with van der Waals surface area (Å²) in [6.45, 7) is 3.67. The molecule has 1 nitrogen and oxygen atoms in total. The second-order valence-electron chi connectivity index (χ2n) is 5.53. The first kappa shape index (κ1) is 11.4. The van der Waals surface area contributed by atoms with Crippen molar-refractivity contribution >= 4 is 0 Å². The van der Waals surface area contributed by atoms with Crippen molar-refractivity contribution in [3.05, 3.63) is 0 Å². The van der Waals surface area contributed by atoms with E-state index < -0.39 is 0 Å². The molecule has 2 rings (SSSR count). The summed E-state index contributed by atoms with van der Waals surface area (Å²) < 4.78 is 0. The molecule has 0 radical (unpaired) electrons. The molecule has 0 spiro atoms. The first-order valence-electron chi connectivity index (χ1n) is 7.15. The summed E-state index contributed by atoms with van der Waals surface area (Å²) >= 11 is 0. The van der Waals surface area contributed by atoms with Crippen LogP contribution in [0.1, 0.15) is 64.7 Å². The molecule has 1 saturated heterocycles. The zero-order valence-corrected chi connectivity index (χ0v) is 10.3. The standard InChI is InChI=1S/C14H27N/c1-2-13(12-8-4-3-5-9-12)14-10-6-7-11-15-14/h12-15H,2-11H2,1H3. The van der Waals surface area contributed by atoms with Crippen LogP contribution in [0.25, 0.3) is 0 Å². The zero-order valence-electron chi connectivity index (χ0n) is 10.3. The molecule has 2 aliphatic rings. The molecule has 1 saturated carbocycles. The first-order valence-corrected chi connectivity index (χ1v) is 7.15. The van der Waals surface area contributed by atoms with Gasteiger partial charge in [-0.2, -0.15) is 0 Å². The zero-order chi connectivity index (χ0) is 10.5. The first-order chi connectivity index (χ1) is 7.42. The van der Waals surface area contributed by atoms with Crippen LogP contribution in [0, 0.1) is 11.8 Å². The third-order valence-corrected chi connectivity index (χ3v) is 4.59. The minimum absolute atomic E-state index is 0.854. The molecule has 0 amide bonds. The molecule has 1 heteroatoms. The lowest BCUT2D eigenvalue weighted by Gasteiger charge is -2.38. The molecule has 1 N–H and O–H groups in total. The Labute approximate surface area is 95.0 Å². The maximum atomic E-state index is 3.77. The minimum atomic E-state index is 0.854. The van der Waals surface area contributed by atoms with E-state index in [1.165, 1.54) is 64.3 Å². The SMILES string of the molecule is CCC(C1CCCCC1)C1CCCCN1. The molecular weight excluding hydrogens is 182 g/mol. The predicted molar refractivity (Wildman–Crippen MR) is 66.0 cm³/mol. The van der Waals surface area contributed by atoms with E-state index in [2.05, 4.69) is 12.2 Å². The topological polar surface area (TPSA) is 12.0 Å². The number of hydrogen-bond donors (Lipinski definition) is 1. The Morgan fingerprint density at radius 1 is 1.00 bits per heavy atom. The third-order valence-electron chi connectivity index (χ3n) is 4.59. The second kappa shape index (κ2) is 5.89. The van der Waals surface area contributed by atoms with Crippen molar-refractivity contribution in [3.8, 4) is 0 Å². The van der Waals surface area contributed by atoms with Gasteiger partial charge in [-0.1, -0.05) is 51.9 Å². The van der Waals surface area contributed by atoms with E-state index in [0.29, 0.717) is 0 Å². The summed E-state index contributed by atoms with van der Waals surface area (Å²) in [5, 5.41) is 3.77. The van der Waals surface area contributed by atoms with Crippen LogP contribution >= 0.6 is 0 Å². The fourth-order valence-electron chi connectivity index (χ4n) is 3.75.